The van der Waals surface area contributed by atoms with Crippen LogP contribution in [0.4, 0.5) is 0 Å². The van der Waals surface area contributed by atoms with Gasteiger partial charge >= 0.3 is 0 Å². The molecule has 1 aromatic carbocycles. The molecule has 0 bridgehead atoms. The molecule has 0 fully saturated rings. The monoisotopic (exact) mass is 340 g/mol. The maximum atomic E-state index is 5.87. The largest absolute Gasteiger partial charge is 0.463 e. The average Bonchev–Trinajstić information content (AvgIpc) is 3.08. The third-order valence-electron chi connectivity index (χ3n) is 5.54. The summed E-state index contributed by atoms with van der Waals surface area (Å²) >= 11 is 0. The fourth-order valence-corrected chi connectivity index (χ4v) is 7.07. The van der Waals surface area contributed by atoms with Gasteiger partial charge in [-0.2, -0.15) is 0 Å². The molecular formula is C20H28N2OSi. The van der Waals surface area contributed by atoms with Crippen LogP contribution in [0.25, 0.3) is 0 Å². The van der Waals surface area contributed by atoms with Gasteiger partial charge in [0.1, 0.15) is 12.6 Å². The molecule has 1 aliphatic carbocycles. The predicted octanol–water partition coefficient (Wildman–Crippen LogP) is 4.75. The van der Waals surface area contributed by atoms with Gasteiger partial charge in [-0.3, -0.25) is 0 Å². The fourth-order valence-electron chi connectivity index (χ4n) is 3.94. The number of ether oxygens (including phenoxy) is 1. The van der Waals surface area contributed by atoms with E-state index in [9.17, 15) is 0 Å². The van der Waals surface area contributed by atoms with Gasteiger partial charge in [0.25, 0.3) is 6.02 Å². The molecule has 1 N–H and O–H groups in total. The molecule has 0 radical (unpaired) electrons. The maximum absolute atomic E-state index is 5.87. The van der Waals surface area contributed by atoms with Crippen molar-refractivity contribution in [2.24, 2.45) is 10.9 Å². The summed E-state index contributed by atoms with van der Waals surface area (Å²) < 4.78 is 5.87. The van der Waals surface area contributed by atoms with E-state index in [1.54, 1.807) is 0 Å². The Bertz CT molecular complexity index is 731. The van der Waals surface area contributed by atoms with Gasteiger partial charge in [-0.1, -0.05) is 54.0 Å². The van der Waals surface area contributed by atoms with E-state index < -0.39 is 8.24 Å². The number of allylic oxidation sites excluding steroid dienone is 4. The number of nitrogens with zero attached hydrogens (tertiary/aromatic N) is 1. The number of amidine groups is 1. The normalized spacial score (nSPS) is 24.3. The summed E-state index contributed by atoms with van der Waals surface area (Å²) in [6, 6.07) is 11.2. The highest BCUT2D eigenvalue weighted by Crippen LogP contribution is 2.40. The second-order valence-corrected chi connectivity index (χ2v) is 11.5. The molecule has 2 aliphatic rings. The highest BCUT2D eigenvalue weighted by Gasteiger charge is 2.37. The van der Waals surface area contributed by atoms with Gasteiger partial charge in [-0.25, -0.2) is 4.99 Å². The van der Waals surface area contributed by atoms with Crippen LogP contribution in [0.15, 0.2) is 57.2 Å². The van der Waals surface area contributed by atoms with Crippen LogP contribution in [0.3, 0.4) is 0 Å². The van der Waals surface area contributed by atoms with E-state index in [2.05, 4.69) is 70.0 Å². The number of aliphatic imine (C=N–C) groups is 1. The van der Waals surface area contributed by atoms with Crippen molar-refractivity contribution in [3.63, 3.8) is 0 Å². The van der Waals surface area contributed by atoms with Crippen molar-refractivity contribution in [2.45, 2.75) is 46.8 Å². The molecule has 3 nitrogen and oxygen atoms in total. The predicted molar refractivity (Wildman–Crippen MR) is 103 cm³/mol. The molecule has 0 saturated carbocycles. The first-order valence-corrected chi connectivity index (χ1v) is 11.7. The van der Waals surface area contributed by atoms with Crippen molar-refractivity contribution in [1.29, 1.82) is 0 Å². The lowest BCUT2D eigenvalue weighted by Crippen LogP contribution is -2.50. The van der Waals surface area contributed by atoms with Crippen LogP contribution in [0.2, 0.25) is 13.1 Å². The molecule has 1 heterocycles. The van der Waals surface area contributed by atoms with Crippen molar-refractivity contribution < 1.29 is 4.74 Å². The molecule has 1 unspecified atom stereocenters. The zero-order valence-corrected chi connectivity index (χ0v) is 16.6. The molecule has 3 rings (SSSR count). The van der Waals surface area contributed by atoms with Crippen LogP contribution in [0.1, 0.15) is 39.3 Å². The van der Waals surface area contributed by atoms with E-state index in [0.29, 0.717) is 18.5 Å². The zero-order chi connectivity index (χ0) is 17.5. The maximum Gasteiger partial charge on any atom is 0.277 e. The van der Waals surface area contributed by atoms with Crippen molar-refractivity contribution in [2.75, 3.05) is 6.61 Å². The van der Waals surface area contributed by atoms with Crippen LogP contribution >= 0.6 is 0 Å². The summed E-state index contributed by atoms with van der Waals surface area (Å²) in [7, 11) is -1.86. The van der Waals surface area contributed by atoms with E-state index in [1.165, 1.54) is 27.5 Å². The summed E-state index contributed by atoms with van der Waals surface area (Å²) in [6.45, 7) is 14.4. The van der Waals surface area contributed by atoms with Crippen molar-refractivity contribution in [1.82, 2.24) is 4.98 Å². The minimum Gasteiger partial charge on any atom is -0.463 e. The lowest BCUT2D eigenvalue weighted by Gasteiger charge is -2.28. The van der Waals surface area contributed by atoms with Gasteiger partial charge in [0.15, 0.2) is 8.24 Å². The van der Waals surface area contributed by atoms with Gasteiger partial charge in [0.2, 0.25) is 0 Å². The van der Waals surface area contributed by atoms with Gasteiger partial charge < -0.3 is 9.72 Å². The molecule has 0 saturated heterocycles. The molecule has 1 aliphatic heterocycles. The lowest BCUT2D eigenvalue weighted by atomic mass is 10.0. The third kappa shape index (κ3) is 2.95. The summed E-state index contributed by atoms with van der Waals surface area (Å²) in [5.41, 5.74) is 5.68. The Morgan fingerprint density at radius 2 is 1.75 bits per heavy atom. The topological polar surface area (TPSA) is 33.6 Å². The number of hydrogen-bond acceptors (Lipinski definition) is 3. The van der Waals surface area contributed by atoms with Crippen LogP contribution in [-0.4, -0.2) is 20.9 Å². The van der Waals surface area contributed by atoms with E-state index in [0.717, 1.165) is 0 Å². The Morgan fingerprint density at radius 1 is 1.08 bits per heavy atom. The van der Waals surface area contributed by atoms with Crippen LogP contribution < -0.4 is 4.98 Å². The molecule has 0 spiro atoms. The van der Waals surface area contributed by atoms with Crippen molar-refractivity contribution in [3.8, 4) is 0 Å². The van der Waals surface area contributed by atoms with E-state index >= 15 is 0 Å². The van der Waals surface area contributed by atoms with Gasteiger partial charge in [0.05, 0.1) is 0 Å². The lowest BCUT2D eigenvalue weighted by molar-refractivity contribution is 0.311. The summed E-state index contributed by atoms with van der Waals surface area (Å²) in [6.07, 6.45) is 0. The number of benzene rings is 1. The molecule has 4 heteroatoms. The fraction of sp³-hybridized carbons (Fsp3) is 0.450. The van der Waals surface area contributed by atoms with Crippen molar-refractivity contribution >= 4 is 14.3 Å². The Balaban J connectivity index is 1.81. The Labute approximate surface area is 146 Å². The first-order valence-electron chi connectivity index (χ1n) is 8.74. The SMILES string of the molecule is CC1=C(C)C(C)C(C)=C1[Si](C)(C)NC1=N[C@@H](c2ccccc2)CO1. The molecular weight excluding hydrogens is 312 g/mol. The minimum absolute atomic E-state index is 0.106. The van der Waals surface area contributed by atoms with Crippen molar-refractivity contribution in [3.05, 3.63) is 57.8 Å². The second-order valence-electron chi connectivity index (χ2n) is 7.51. The van der Waals surface area contributed by atoms with E-state index in [-0.39, 0.29) is 6.04 Å². The molecule has 128 valence electrons. The Morgan fingerprint density at radius 3 is 2.33 bits per heavy atom. The highest BCUT2D eigenvalue weighted by molar-refractivity contribution is 6.84. The molecule has 24 heavy (non-hydrogen) atoms. The standard InChI is InChI=1S/C20H28N2OSi/c1-13-14(2)16(4)19(15(13)3)24(5,6)22-20-21-18(12-23-20)17-10-8-7-9-11-17/h7-11,13,18H,12H2,1-6H3,(H,21,22)/t13?,18-/m1/s1. The summed E-state index contributed by atoms with van der Waals surface area (Å²) in [4.78, 5) is 8.46. The molecule has 1 aromatic rings. The quantitative estimate of drug-likeness (QED) is 0.806. The van der Waals surface area contributed by atoms with Gasteiger partial charge in [-0.15, -0.1) is 0 Å². The number of rotatable bonds is 3. The zero-order valence-electron chi connectivity index (χ0n) is 15.6. The third-order valence-corrected chi connectivity index (χ3v) is 8.40. The first-order chi connectivity index (χ1) is 11.3. The Kier molecular flexibility index (Phi) is 4.43. The van der Waals surface area contributed by atoms with E-state index in [1.807, 2.05) is 6.07 Å². The number of nitrogens with one attached hydrogen (secondary N) is 1. The molecule has 0 amide bonds. The van der Waals surface area contributed by atoms with E-state index in [4.69, 9.17) is 9.73 Å². The van der Waals surface area contributed by atoms with Gasteiger partial charge in [-0.05, 0) is 50.5 Å². The van der Waals surface area contributed by atoms with Crippen LogP contribution in [0.5, 0.6) is 0 Å². The molecule has 0 aromatic heterocycles. The minimum atomic E-state index is -1.86. The van der Waals surface area contributed by atoms with Crippen LogP contribution in [0, 0.1) is 5.92 Å². The first kappa shape index (κ1) is 17.0. The average molecular weight is 341 g/mol. The summed E-state index contributed by atoms with van der Waals surface area (Å²) in [5.74, 6) is 0.553. The van der Waals surface area contributed by atoms with Gasteiger partial charge in [0, 0.05) is 0 Å². The number of hydrogen-bond donors (Lipinski definition) is 1. The second kappa shape index (κ2) is 6.24. The highest BCUT2D eigenvalue weighted by atomic mass is 28.3. The smallest absolute Gasteiger partial charge is 0.277 e. The molecule has 2 atom stereocenters. The summed E-state index contributed by atoms with van der Waals surface area (Å²) in [5, 5.41) is 1.53. The Hall–Kier alpha value is -1.81. The van der Waals surface area contributed by atoms with Crippen LogP contribution in [-0.2, 0) is 4.74 Å².